The summed E-state index contributed by atoms with van der Waals surface area (Å²) in [7, 11) is 0. The third-order valence-electron chi connectivity index (χ3n) is 2.29. The molecule has 0 bridgehead atoms. The van der Waals surface area contributed by atoms with Gasteiger partial charge in [-0.3, -0.25) is 14.5 Å². The predicted molar refractivity (Wildman–Crippen MR) is 69.8 cm³/mol. The third-order valence-corrected chi connectivity index (χ3v) is 3.47. The van der Waals surface area contributed by atoms with Crippen LogP contribution in [-0.4, -0.2) is 33.4 Å². The summed E-state index contributed by atoms with van der Waals surface area (Å²) in [6.45, 7) is -1.69. The Labute approximate surface area is 120 Å². The summed E-state index contributed by atoms with van der Waals surface area (Å²) in [6, 6.07) is 3.57. The van der Waals surface area contributed by atoms with E-state index in [4.69, 9.17) is 12.2 Å². The number of nitrogens with one attached hydrogen (secondary N) is 2. The lowest BCUT2D eigenvalue weighted by Crippen LogP contribution is -2.35. The highest BCUT2D eigenvalue weighted by atomic mass is 32.1. The Hall–Kier alpha value is -1.68. The fraction of sp³-hybridized carbons (Fsp3) is 0.300. The normalized spacial score (nSPS) is 11.6. The van der Waals surface area contributed by atoms with E-state index in [1.54, 1.807) is 17.4 Å². The molecule has 10 heteroatoms. The minimum absolute atomic E-state index is 0.176. The van der Waals surface area contributed by atoms with Gasteiger partial charge in [0.25, 0.3) is 0 Å². The Balaban J connectivity index is 2.12. The van der Waals surface area contributed by atoms with E-state index < -0.39 is 18.6 Å². The van der Waals surface area contributed by atoms with Crippen LogP contribution in [-0.2, 0) is 11.3 Å². The van der Waals surface area contributed by atoms with Crippen molar-refractivity contribution in [2.75, 3.05) is 6.54 Å². The van der Waals surface area contributed by atoms with Gasteiger partial charge < -0.3 is 5.32 Å². The zero-order valence-corrected chi connectivity index (χ0v) is 11.5. The number of nitrogens with zero attached hydrogens (tertiary/aromatic N) is 2. The molecule has 5 nitrogen and oxygen atoms in total. The number of H-pyrrole nitrogens is 1. The van der Waals surface area contributed by atoms with Crippen LogP contribution in [0.15, 0.2) is 17.5 Å². The van der Waals surface area contributed by atoms with Crippen molar-refractivity contribution >= 4 is 29.5 Å². The Kier molecular flexibility index (Phi) is 4.23. The molecule has 0 radical (unpaired) electrons. The summed E-state index contributed by atoms with van der Waals surface area (Å²) in [5, 5.41) is 10.1. The molecule has 0 spiro atoms. The van der Waals surface area contributed by atoms with Gasteiger partial charge >= 0.3 is 6.18 Å². The lowest BCUT2D eigenvalue weighted by Gasteiger charge is -2.09. The summed E-state index contributed by atoms with van der Waals surface area (Å²) in [6.07, 6.45) is -4.44. The average molecular weight is 322 g/mol. The Morgan fingerprint density at radius 2 is 2.30 bits per heavy atom. The molecule has 0 aromatic carbocycles. The van der Waals surface area contributed by atoms with Crippen LogP contribution in [0.5, 0.6) is 0 Å². The van der Waals surface area contributed by atoms with Crippen LogP contribution in [0.2, 0.25) is 0 Å². The minimum atomic E-state index is -4.44. The molecule has 0 aliphatic heterocycles. The first-order chi connectivity index (χ1) is 9.37. The number of thiophene rings is 1. The lowest BCUT2D eigenvalue weighted by atomic mass is 10.4. The van der Waals surface area contributed by atoms with Crippen molar-refractivity contribution in [2.45, 2.75) is 12.7 Å². The van der Waals surface area contributed by atoms with Crippen LogP contribution >= 0.6 is 23.6 Å². The van der Waals surface area contributed by atoms with Gasteiger partial charge in [0.2, 0.25) is 5.91 Å². The first-order valence-corrected chi connectivity index (χ1v) is 6.68. The van der Waals surface area contributed by atoms with Crippen molar-refractivity contribution in [2.24, 2.45) is 0 Å². The standard InChI is InChI=1S/C10H9F3N4OS2/c11-10(12,13)5-14-7(18)4-17-8(15-16-9(17)19)6-2-1-3-20-6/h1-3H,4-5H2,(H,14,18)(H,16,19). The second-order valence-corrected chi connectivity index (χ2v) is 5.14. The smallest absolute Gasteiger partial charge is 0.345 e. The fourth-order valence-corrected chi connectivity index (χ4v) is 2.38. The number of aromatic nitrogens is 3. The van der Waals surface area contributed by atoms with Gasteiger partial charge in [-0.05, 0) is 23.7 Å². The quantitative estimate of drug-likeness (QED) is 0.850. The molecule has 108 valence electrons. The molecule has 0 atom stereocenters. The van der Waals surface area contributed by atoms with Crippen LogP contribution in [0.1, 0.15) is 0 Å². The molecule has 2 N–H and O–H groups in total. The van der Waals surface area contributed by atoms with E-state index in [0.29, 0.717) is 5.82 Å². The van der Waals surface area contributed by atoms with Gasteiger partial charge in [0, 0.05) is 0 Å². The summed E-state index contributed by atoms with van der Waals surface area (Å²) < 4.78 is 37.6. The Morgan fingerprint density at radius 3 is 2.90 bits per heavy atom. The number of carbonyl (C=O) groups excluding carboxylic acids is 1. The van der Waals surface area contributed by atoms with Gasteiger partial charge in [-0.15, -0.1) is 11.3 Å². The number of alkyl halides is 3. The fourth-order valence-electron chi connectivity index (χ4n) is 1.46. The van der Waals surface area contributed by atoms with E-state index in [-0.39, 0.29) is 11.3 Å². The number of aromatic amines is 1. The van der Waals surface area contributed by atoms with Crippen molar-refractivity contribution in [1.29, 1.82) is 0 Å². The van der Waals surface area contributed by atoms with Crippen LogP contribution < -0.4 is 5.32 Å². The topological polar surface area (TPSA) is 62.7 Å². The SMILES string of the molecule is O=C(Cn1c(-c2cccs2)n[nH]c1=S)NCC(F)(F)F. The van der Waals surface area contributed by atoms with Crippen LogP contribution in [0, 0.1) is 4.77 Å². The molecule has 20 heavy (non-hydrogen) atoms. The largest absolute Gasteiger partial charge is 0.405 e. The third kappa shape index (κ3) is 3.67. The Bertz CT molecular complexity index is 644. The maximum Gasteiger partial charge on any atom is 0.405 e. The number of rotatable bonds is 4. The van der Waals surface area contributed by atoms with E-state index in [1.807, 2.05) is 5.38 Å². The van der Waals surface area contributed by atoms with Crippen LogP contribution in [0.4, 0.5) is 13.2 Å². The van der Waals surface area contributed by atoms with Crippen LogP contribution in [0.3, 0.4) is 0 Å². The highest BCUT2D eigenvalue weighted by molar-refractivity contribution is 7.71. The Morgan fingerprint density at radius 1 is 1.55 bits per heavy atom. The molecule has 2 heterocycles. The maximum atomic E-state index is 12.0. The zero-order chi connectivity index (χ0) is 14.8. The summed E-state index contributed by atoms with van der Waals surface area (Å²) in [5.41, 5.74) is 0. The number of amides is 1. The van der Waals surface area contributed by atoms with E-state index in [9.17, 15) is 18.0 Å². The molecule has 2 rings (SSSR count). The predicted octanol–water partition coefficient (Wildman–Crippen LogP) is 2.35. The van der Waals surface area contributed by atoms with Gasteiger partial charge in [0.15, 0.2) is 10.6 Å². The number of halogens is 3. The second-order valence-electron chi connectivity index (χ2n) is 3.81. The second kappa shape index (κ2) is 5.75. The van der Waals surface area contributed by atoms with Gasteiger partial charge in [-0.25, -0.2) is 0 Å². The zero-order valence-electron chi connectivity index (χ0n) is 9.90. The van der Waals surface area contributed by atoms with Gasteiger partial charge in [0.1, 0.15) is 13.1 Å². The molecule has 2 aromatic rings. The molecule has 0 unspecified atom stereocenters. The van der Waals surface area contributed by atoms with E-state index in [2.05, 4.69) is 10.2 Å². The monoisotopic (exact) mass is 322 g/mol. The van der Waals surface area contributed by atoms with Gasteiger partial charge in [0.05, 0.1) is 4.88 Å². The molecular formula is C10H9F3N4OS2. The molecule has 0 saturated heterocycles. The average Bonchev–Trinajstić information content (AvgIpc) is 2.97. The van der Waals surface area contributed by atoms with Crippen molar-refractivity contribution in [1.82, 2.24) is 20.1 Å². The molecule has 0 aliphatic rings. The van der Waals surface area contributed by atoms with Crippen molar-refractivity contribution in [3.8, 4) is 10.7 Å². The highest BCUT2D eigenvalue weighted by Gasteiger charge is 2.27. The maximum absolute atomic E-state index is 12.0. The number of carbonyl (C=O) groups is 1. The molecule has 1 amide bonds. The van der Waals surface area contributed by atoms with Crippen molar-refractivity contribution < 1.29 is 18.0 Å². The van der Waals surface area contributed by atoms with E-state index in [1.165, 1.54) is 15.9 Å². The lowest BCUT2D eigenvalue weighted by molar-refractivity contribution is -0.138. The molecule has 2 aromatic heterocycles. The highest BCUT2D eigenvalue weighted by Crippen LogP contribution is 2.22. The molecule has 0 fully saturated rings. The minimum Gasteiger partial charge on any atom is -0.345 e. The molecule has 0 saturated carbocycles. The summed E-state index contributed by atoms with van der Waals surface area (Å²) in [4.78, 5) is 12.3. The first-order valence-electron chi connectivity index (χ1n) is 5.39. The molecule has 0 aliphatic carbocycles. The van der Waals surface area contributed by atoms with Gasteiger partial charge in [-0.1, -0.05) is 6.07 Å². The van der Waals surface area contributed by atoms with Crippen LogP contribution in [0.25, 0.3) is 10.7 Å². The summed E-state index contributed by atoms with van der Waals surface area (Å²) >= 11 is 6.36. The van der Waals surface area contributed by atoms with E-state index in [0.717, 1.165) is 4.88 Å². The van der Waals surface area contributed by atoms with Gasteiger partial charge in [-0.2, -0.15) is 18.3 Å². The van der Waals surface area contributed by atoms with Crippen molar-refractivity contribution in [3.05, 3.63) is 22.3 Å². The first kappa shape index (κ1) is 14.7. The molecular weight excluding hydrogens is 313 g/mol. The summed E-state index contributed by atoms with van der Waals surface area (Å²) in [5.74, 6) is -0.357. The number of hydrogen-bond acceptors (Lipinski definition) is 4. The van der Waals surface area contributed by atoms with E-state index >= 15 is 0 Å². The number of hydrogen-bond donors (Lipinski definition) is 2. The van der Waals surface area contributed by atoms with Crippen molar-refractivity contribution in [3.63, 3.8) is 0 Å².